The highest BCUT2D eigenvalue weighted by Crippen LogP contribution is 2.16. The molecule has 0 aliphatic rings. The molecule has 0 saturated carbocycles. The maximum Gasteiger partial charge on any atom is 0.0613 e. The summed E-state index contributed by atoms with van der Waals surface area (Å²) in [6.07, 6.45) is 6.46. The minimum Gasteiger partial charge on any atom is -0.383 e. The van der Waals surface area contributed by atoms with Gasteiger partial charge in [0.05, 0.1) is 6.61 Å². The number of aromatic nitrogens is 1. The van der Waals surface area contributed by atoms with Gasteiger partial charge in [0, 0.05) is 31.6 Å². The lowest BCUT2D eigenvalue weighted by molar-refractivity contribution is 0.166. The van der Waals surface area contributed by atoms with Crippen LogP contribution in [0.4, 0.5) is 0 Å². The Bertz CT molecular complexity index is 300. The van der Waals surface area contributed by atoms with Gasteiger partial charge in [0.25, 0.3) is 0 Å². The van der Waals surface area contributed by atoms with Crippen LogP contribution in [0, 0.1) is 0 Å². The first-order valence-electron chi connectivity index (χ1n) is 5.53. The Balaban J connectivity index is 2.64. The van der Waals surface area contributed by atoms with Crippen LogP contribution in [0.1, 0.15) is 24.9 Å². The van der Waals surface area contributed by atoms with Gasteiger partial charge in [-0.2, -0.15) is 0 Å². The van der Waals surface area contributed by atoms with Crippen LogP contribution in [-0.4, -0.2) is 24.7 Å². The second-order valence-electron chi connectivity index (χ2n) is 3.88. The Morgan fingerprint density at radius 3 is 2.75 bits per heavy atom. The molecule has 1 aromatic heterocycles. The molecule has 0 aliphatic heterocycles. The van der Waals surface area contributed by atoms with E-state index in [2.05, 4.69) is 23.8 Å². The summed E-state index contributed by atoms with van der Waals surface area (Å²) in [5, 5.41) is 3.51. The summed E-state index contributed by atoms with van der Waals surface area (Å²) < 4.78 is 5.12. The van der Waals surface area contributed by atoms with Crippen molar-refractivity contribution >= 4 is 0 Å². The Hall–Kier alpha value is -1.19. The van der Waals surface area contributed by atoms with Gasteiger partial charge in [-0.3, -0.25) is 4.98 Å². The van der Waals surface area contributed by atoms with Crippen molar-refractivity contribution in [2.75, 3.05) is 13.7 Å². The second kappa shape index (κ2) is 7.14. The smallest absolute Gasteiger partial charge is 0.0613 e. The van der Waals surface area contributed by atoms with Crippen LogP contribution in [0.5, 0.6) is 0 Å². The first kappa shape index (κ1) is 12.9. The molecule has 0 spiro atoms. The van der Waals surface area contributed by atoms with Gasteiger partial charge in [0.1, 0.15) is 0 Å². The highest BCUT2D eigenvalue weighted by atomic mass is 16.5. The maximum absolute atomic E-state index is 5.12. The van der Waals surface area contributed by atoms with Crippen molar-refractivity contribution in [3.63, 3.8) is 0 Å². The van der Waals surface area contributed by atoms with Crippen molar-refractivity contribution in [3.8, 4) is 0 Å². The van der Waals surface area contributed by atoms with Crippen LogP contribution in [0.2, 0.25) is 0 Å². The van der Waals surface area contributed by atoms with Crippen molar-refractivity contribution in [2.24, 2.45) is 0 Å². The zero-order valence-corrected chi connectivity index (χ0v) is 10.0. The van der Waals surface area contributed by atoms with Crippen LogP contribution in [-0.2, 0) is 4.74 Å². The number of nitrogens with one attached hydrogen (secondary N) is 1. The molecule has 0 amide bonds. The standard InChI is InChI=1S/C13H20N2O/c1-4-5-13(15-11(2)10-16-3)12-6-8-14-9-7-12/h4,6-9,11,13,15H,1,5,10H2,2-3H3. The van der Waals surface area contributed by atoms with Crippen molar-refractivity contribution in [2.45, 2.75) is 25.4 Å². The van der Waals surface area contributed by atoms with Gasteiger partial charge in [-0.15, -0.1) is 6.58 Å². The maximum atomic E-state index is 5.12. The zero-order chi connectivity index (χ0) is 11.8. The third kappa shape index (κ3) is 4.13. The van der Waals surface area contributed by atoms with E-state index in [0.717, 1.165) is 6.42 Å². The normalized spacial score (nSPS) is 14.4. The Morgan fingerprint density at radius 2 is 2.19 bits per heavy atom. The zero-order valence-electron chi connectivity index (χ0n) is 10.0. The van der Waals surface area contributed by atoms with Gasteiger partial charge >= 0.3 is 0 Å². The van der Waals surface area contributed by atoms with E-state index in [0.29, 0.717) is 12.6 Å². The van der Waals surface area contributed by atoms with Crippen molar-refractivity contribution in [3.05, 3.63) is 42.7 Å². The summed E-state index contributed by atoms with van der Waals surface area (Å²) >= 11 is 0. The monoisotopic (exact) mass is 220 g/mol. The van der Waals surface area contributed by atoms with E-state index in [1.807, 2.05) is 30.6 Å². The molecule has 0 saturated heterocycles. The van der Waals surface area contributed by atoms with Crippen LogP contribution in [0.3, 0.4) is 0 Å². The lowest BCUT2D eigenvalue weighted by Crippen LogP contribution is -2.33. The van der Waals surface area contributed by atoms with Crippen molar-refractivity contribution in [1.82, 2.24) is 10.3 Å². The number of ether oxygens (including phenoxy) is 1. The molecule has 88 valence electrons. The molecule has 1 heterocycles. The summed E-state index contributed by atoms with van der Waals surface area (Å²) in [5.74, 6) is 0. The average Bonchev–Trinajstić information content (AvgIpc) is 2.30. The molecule has 0 bridgehead atoms. The van der Waals surface area contributed by atoms with E-state index in [9.17, 15) is 0 Å². The Labute approximate surface area is 97.5 Å². The highest BCUT2D eigenvalue weighted by molar-refractivity contribution is 5.16. The third-order valence-corrected chi connectivity index (χ3v) is 2.41. The summed E-state index contributed by atoms with van der Waals surface area (Å²) in [5.41, 5.74) is 1.23. The van der Waals surface area contributed by atoms with Crippen LogP contribution < -0.4 is 5.32 Å². The molecule has 0 radical (unpaired) electrons. The summed E-state index contributed by atoms with van der Waals surface area (Å²) in [6.45, 7) is 6.61. The minimum absolute atomic E-state index is 0.283. The van der Waals surface area contributed by atoms with E-state index in [1.165, 1.54) is 5.56 Å². The summed E-state index contributed by atoms with van der Waals surface area (Å²) in [6, 6.07) is 4.66. The number of pyridine rings is 1. The first-order valence-corrected chi connectivity index (χ1v) is 5.53. The van der Waals surface area contributed by atoms with E-state index in [1.54, 1.807) is 7.11 Å². The molecular formula is C13H20N2O. The van der Waals surface area contributed by atoms with Crippen LogP contribution in [0.15, 0.2) is 37.2 Å². The molecular weight excluding hydrogens is 200 g/mol. The van der Waals surface area contributed by atoms with Crippen molar-refractivity contribution in [1.29, 1.82) is 0 Å². The van der Waals surface area contributed by atoms with Gasteiger partial charge in [-0.05, 0) is 31.0 Å². The molecule has 2 unspecified atom stereocenters. The summed E-state index contributed by atoms with van der Waals surface area (Å²) in [4.78, 5) is 4.03. The van der Waals surface area contributed by atoms with Gasteiger partial charge in [-0.1, -0.05) is 6.08 Å². The predicted octanol–water partition coefficient (Wildman–Crippen LogP) is 2.32. The molecule has 1 N–H and O–H groups in total. The average molecular weight is 220 g/mol. The van der Waals surface area contributed by atoms with E-state index in [-0.39, 0.29) is 6.04 Å². The van der Waals surface area contributed by atoms with E-state index < -0.39 is 0 Å². The predicted molar refractivity (Wildman–Crippen MR) is 66.3 cm³/mol. The fourth-order valence-corrected chi connectivity index (χ4v) is 1.70. The quantitative estimate of drug-likeness (QED) is 0.716. The summed E-state index contributed by atoms with van der Waals surface area (Å²) in [7, 11) is 1.72. The Kier molecular flexibility index (Phi) is 5.75. The molecule has 1 rings (SSSR count). The van der Waals surface area contributed by atoms with Crippen molar-refractivity contribution < 1.29 is 4.74 Å². The van der Waals surface area contributed by atoms with E-state index in [4.69, 9.17) is 4.74 Å². The second-order valence-corrected chi connectivity index (χ2v) is 3.88. The van der Waals surface area contributed by atoms with Crippen LogP contribution >= 0.6 is 0 Å². The highest BCUT2D eigenvalue weighted by Gasteiger charge is 2.12. The molecule has 1 aromatic rings. The number of methoxy groups -OCH3 is 1. The van der Waals surface area contributed by atoms with Gasteiger partial charge < -0.3 is 10.1 Å². The van der Waals surface area contributed by atoms with Gasteiger partial charge in [0.2, 0.25) is 0 Å². The largest absolute Gasteiger partial charge is 0.383 e. The first-order chi connectivity index (χ1) is 7.77. The Morgan fingerprint density at radius 1 is 1.50 bits per heavy atom. The number of hydrogen-bond donors (Lipinski definition) is 1. The molecule has 0 aromatic carbocycles. The number of nitrogens with zero attached hydrogens (tertiary/aromatic N) is 1. The molecule has 3 nitrogen and oxygen atoms in total. The topological polar surface area (TPSA) is 34.1 Å². The van der Waals surface area contributed by atoms with Gasteiger partial charge in [-0.25, -0.2) is 0 Å². The minimum atomic E-state index is 0.283. The molecule has 16 heavy (non-hydrogen) atoms. The third-order valence-electron chi connectivity index (χ3n) is 2.41. The molecule has 0 aliphatic carbocycles. The number of hydrogen-bond acceptors (Lipinski definition) is 3. The number of rotatable bonds is 7. The van der Waals surface area contributed by atoms with Gasteiger partial charge in [0.15, 0.2) is 0 Å². The fourth-order valence-electron chi connectivity index (χ4n) is 1.70. The van der Waals surface area contributed by atoms with E-state index >= 15 is 0 Å². The van der Waals surface area contributed by atoms with Crippen LogP contribution in [0.25, 0.3) is 0 Å². The fraction of sp³-hybridized carbons (Fsp3) is 0.462. The molecule has 3 heteroatoms. The molecule has 0 fully saturated rings. The lowest BCUT2D eigenvalue weighted by atomic mass is 10.0. The molecule has 2 atom stereocenters. The lowest BCUT2D eigenvalue weighted by Gasteiger charge is -2.22. The SMILES string of the molecule is C=CCC(NC(C)COC)c1ccncc1.